The Balaban J connectivity index is 0.00000200. The Morgan fingerprint density at radius 1 is 1.05 bits per heavy atom. The molecule has 2 nitrogen and oxygen atoms in total. The van der Waals surface area contributed by atoms with Crippen LogP contribution in [0.5, 0.6) is 0 Å². The van der Waals surface area contributed by atoms with Crippen molar-refractivity contribution in [1.29, 1.82) is 0 Å². The first kappa shape index (κ1) is 16.6. The Labute approximate surface area is 122 Å². The van der Waals surface area contributed by atoms with Crippen LogP contribution >= 0.6 is 12.4 Å². The van der Waals surface area contributed by atoms with Gasteiger partial charge in [-0.3, -0.25) is 0 Å². The molecule has 2 aromatic rings. The quantitative estimate of drug-likeness (QED) is 0.911. The Morgan fingerprint density at radius 3 is 2.35 bits per heavy atom. The van der Waals surface area contributed by atoms with E-state index < -0.39 is 23.8 Å². The molecule has 0 aliphatic heterocycles. The molecule has 0 bridgehead atoms. The van der Waals surface area contributed by atoms with Crippen LogP contribution in [0.15, 0.2) is 48.5 Å². The topological polar surface area (TPSA) is 46.2 Å². The molecule has 5 heteroatoms. The summed E-state index contributed by atoms with van der Waals surface area (Å²) in [5.74, 6) is -1.18. The molecule has 2 aromatic carbocycles. The van der Waals surface area contributed by atoms with Gasteiger partial charge in [0.2, 0.25) is 0 Å². The molecule has 0 saturated heterocycles. The zero-order chi connectivity index (χ0) is 13.8. The summed E-state index contributed by atoms with van der Waals surface area (Å²) in [4.78, 5) is 0. The van der Waals surface area contributed by atoms with Crippen LogP contribution in [0.3, 0.4) is 0 Å². The smallest absolute Gasteiger partial charge is 0.128 e. The number of benzene rings is 2. The summed E-state index contributed by atoms with van der Waals surface area (Å²) in [6, 6.07) is 11.3. The SMILES string of the molecule is Cl.N[C@@H](c1cc(F)ccc1F)[C@H](O)Cc1ccccc1. The van der Waals surface area contributed by atoms with Crippen LogP contribution in [0.1, 0.15) is 17.2 Å². The van der Waals surface area contributed by atoms with Crippen LogP contribution in [-0.4, -0.2) is 11.2 Å². The highest BCUT2D eigenvalue weighted by Gasteiger charge is 2.20. The van der Waals surface area contributed by atoms with Gasteiger partial charge in [0.15, 0.2) is 0 Å². The summed E-state index contributed by atoms with van der Waals surface area (Å²) in [7, 11) is 0. The molecule has 0 aliphatic carbocycles. The van der Waals surface area contributed by atoms with Crippen molar-refractivity contribution in [3.63, 3.8) is 0 Å². The van der Waals surface area contributed by atoms with Crippen molar-refractivity contribution in [1.82, 2.24) is 0 Å². The Kier molecular flexibility index (Phi) is 6.07. The van der Waals surface area contributed by atoms with E-state index in [-0.39, 0.29) is 24.4 Å². The fourth-order valence-electron chi connectivity index (χ4n) is 1.96. The molecular weight excluding hydrogens is 284 g/mol. The first-order chi connectivity index (χ1) is 9.08. The van der Waals surface area contributed by atoms with Crippen molar-refractivity contribution in [2.45, 2.75) is 18.6 Å². The fourth-order valence-corrected chi connectivity index (χ4v) is 1.96. The lowest BCUT2D eigenvalue weighted by atomic mass is 9.96. The monoisotopic (exact) mass is 299 g/mol. The van der Waals surface area contributed by atoms with Gasteiger partial charge in [-0.2, -0.15) is 0 Å². The molecule has 0 spiro atoms. The normalized spacial score (nSPS) is 13.4. The minimum absolute atomic E-state index is 0. The number of halogens is 3. The van der Waals surface area contributed by atoms with E-state index in [0.29, 0.717) is 0 Å². The fraction of sp³-hybridized carbons (Fsp3) is 0.200. The highest BCUT2D eigenvalue weighted by molar-refractivity contribution is 5.85. The molecule has 0 aliphatic rings. The Hall–Kier alpha value is -1.49. The lowest BCUT2D eigenvalue weighted by molar-refractivity contribution is 0.143. The lowest BCUT2D eigenvalue weighted by Gasteiger charge is -2.20. The van der Waals surface area contributed by atoms with Crippen LogP contribution in [0.25, 0.3) is 0 Å². The maximum atomic E-state index is 13.6. The van der Waals surface area contributed by atoms with Gasteiger partial charge in [0.25, 0.3) is 0 Å². The zero-order valence-corrected chi connectivity index (χ0v) is 11.5. The minimum Gasteiger partial charge on any atom is -0.391 e. The molecule has 2 rings (SSSR count). The molecular formula is C15H16ClF2NO. The molecule has 0 saturated carbocycles. The standard InChI is InChI=1S/C15H15F2NO.ClH/c16-11-6-7-13(17)12(9-11)15(18)14(19)8-10-4-2-1-3-5-10;/h1-7,9,14-15,19H,8,18H2;1H/t14-,15+;/m1./s1. The van der Waals surface area contributed by atoms with E-state index in [1.165, 1.54) is 0 Å². The highest BCUT2D eigenvalue weighted by Crippen LogP contribution is 2.21. The van der Waals surface area contributed by atoms with Crippen LogP contribution in [-0.2, 0) is 6.42 Å². The molecule has 0 heterocycles. The summed E-state index contributed by atoms with van der Waals surface area (Å²) >= 11 is 0. The number of nitrogens with two attached hydrogens (primary N) is 1. The largest absolute Gasteiger partial charge is 0.391 e. The number of hydrogen-bond acceptors (Lipinski definition) is 2. The lowest BCUT2D eigenvalue weighted by Crippen LogP contribution is -2.29. The molecule has 20 heavy (non-hydrogen) atoms. The van der Waals surface area contributed by atoms with Gasteiger partial charge in [0.1, 0.15) is 11.6 Å². The molecule has 2 atom stereocenters. The molecule has 0 radical (unpaired) electrons. The van der Waals surface area contributed by atoms with Crippen molar-refractivity contribution >= 4 is 12.4 Å². The maximum absolute atomic E-state index is 13.6. The van der Waals surface area contributed by atoms with Gasteiger partial charge in [-0.15, -0.1) is 12.4 Å². The van der Waals surface area contributed by atoms with Crippen LogP contribution in [0.4, 0.5) is 8.78 Å². The second-order valence-electron chi connectivity index (χ2n) is 4.45. The van der Waals surface area contributed by atoms with E-state index in [0.717, 1.165) is 23.8 Å². The average Bonchev–Trinajstić information content (AvgIpc) is 2.42. The van der Waals surface area contributed by atoms with E-state index in [2.05, 4.69) is 0 Å². The van der Waals surface area contributed by atoms with Gasteiger partial charge >= 0.3 is 0 Å². The van der Waals surface area contributed by atoms with Crippen LogP contribution in [0, 0.1) is 11.6 Å². The minimum atomic E-state index is -0.973. The van der Waals surface area contributed by atoms with Gasteiger partial charge in [-0.05, 0) is 23.8 Å². The molecule has 0 unspecified atom stereocenters. The summed E-state index contributed by atoms with van der Waals surface area (Å²) in [5.41, 5.74) is 6.68. The molecule has 3 N–H and O–H groups in total. The van der Waals surface area contributed by atoms with Gasteiger partial charge in [-0.25, -0.2) is 8.78 Å². The molecule has 0 aromatic heterocycles. The highest BCUT2D eigenvalue weighted by atomic mass is 35.5. The second-order valence-corrected chi connectivity index (χ2v) is 4.45. The second kappa shape index (κ2) is 7.33. The summed E-state index contributed by atoms with van der Waals surface area (Å²) in [5, 5.41) is 10.0. The maximum Gasteiger partial charge on any atom is 0.128 e. The summed E-state index contributed by atoms with van der Waals surface area (Å²) in [6.45, 7) is 0. The van der Waals surface area contributed by atoms with Crippen LogP contribution in [0.2, 0.25) is 0 Å². The van der Waals surface area contributed by atoms with Gasteiger partial charge in [0, 0.05) is 12.0 Å². The predicted molar refractivity (Wildman–Crippen MR) is 76.7 cm³/mol. The number of aliphatic hydroxyl groups excluding tert-OH is 1. The molecule has 108 valence electrons. The molecule has 0 amide bonds. The zero-order valence-electron chi connectivity index (χ0n) is 10.7. The Bertz CT molecular complexity index is 551. The van der Waals surface area contributed by atoms with E-state index in [4.69, 9.17) is 5.73 Å². The van der Waals surface area contributed by atoms with Crippen molar-refractivity contribution in [2.24, 2.45) is 5.73 Å². The third-order valence-electron chi connectivity index (χ3n) is 3.02. The third kappa shape index (κ3) is 4.00. The number of hydrogen-bond donors (Lipinski definition) is 2. The average molecular weight is 300 g/mol. The predicted octanol–water partition coefficient (Wildman–Crippen LogP) is 2.99. The first-order valence-corrected chi connectivity index (χ1v) is 6.00. The summed E-state index contributed by atoms with van der Waals surface area (Å²) in [6.07, 6.45) is -0.684. The van der Waals surface area contributed by atoms with E-state index in [1.807, 2.05) is 30.3 Å². The first-order valence-electron chi connectivity index (χ1n) is 6.00. The van der Waals surface area contributed by atoms with Gasteiger partial charge in [0.05, 0.1) is 12.1 Å². The number of aliphatic hydroxyl groups is 1. The third-order valence-corrected chi connectivity index (χ3v) is 3.02. The van der Waals surface area contributed by atoms with Gasteiger partial charge in [-0.1, -0.05) is 30.3 Å². The van der Waals surface area contributed by atoms with Gasteiger partial charge < -0.3 is 10.8 Å². The Morgan fingerprint density at radius 2 is 1.70 bits per heavy atom. The van der Waals surface area contributed by atoms with Crippen molar-refractivity contribution in [3.05, 3.63) is 71.3 Å². The summed E-state index contributed by atoms with van der Waals surface area (Å²) < 4.78 is 26.7. The van der Waals surface area contributed by atoms with Crippen LogP contribution < -0.4 is 5.73 Å². The van der Waals surface area contributed by atoms with Crippen molar-refractivity contribution in [2.75, 3.05) is 0 Å². The van der Waals surface area contributed by atoms with Crippen molar-refractivity contribution < 1.29 is 13.9 Å². The molecule has 0 fully saturated rings. The van der Waals surface area contributed by atoms with Crippen molar-refractivity contribution in [3.8, 4) is 0 Å². The number of rotatable bonds is 4. The van der Waals surface area contributed by atoms with E-state index in [1.54, 1.807) is 0 Å². The van der Waals surface area contributed by atoms with E-state index in [9.17, 15) is 13.9 Å². The van der Waals surface area contributed by atoms with E-state index >= 15 is 0 Å².